The van der Waals surface area contributed by atoms with Crippen LogP contribution in [-0.2, 0) is 0 Å². The van der Waals surface area contributed by atoms with E-state index in [0.29, 0.717) is 11.3 Å². The zero-order valence-corrected chi connectivity index (χ0v) is 12.3. The summed E-state index contributed by atoms with van der Waals surface area (Å²) in [4.78, 5) is 24.6. The molecule has 0 radical (unpaired) electrons. The lowest BCUT2D eigenvalue weighted by molar-refractivity contribution is -0.384. The number of nitro groups is 1. The van der Waals surface area contributed by atoms with Crippen molar-refractivity contribution in [3.05, 3.63) is 33.9 Å². The van der Waals surface area contributed by atoms with Gasteiger partial charge in [-0.15, -0.1) is 0 Å². The highest BCUT2D eigenvalue weighted by molar-refractivity contribution is 5.95. The molecule has 0 spiro atoms. The number of anilines is 1. The van der Waals surface area contributed by atoms with Gasteiger partial charge < -0.3 is 15.5 Å². The van der Waals surface area contributed by atoms with Crippen molar-refractivity contribution in [3.8, 4) is 0 Å². The smallest absolute Gasteiger partial charge is 0.293 e. The maximum absolute atomic E-state index is 11.6. The molecule has 1 unspecified atom stereocenters. The third-order valence-corrected chi connectivity index (χ3v) is 3.79. The van der Waals surface area contributed by atoms with Crippen molar-refractivity contribution in [1.82, 2.24) is 10.6 Å². The lowest BCUT2D eigenvalue weighted by Gasteiger charge is -2.26. The summed E-state index contributed by atoms with van der Waals surface area (Å²) in [5, 5.41) is 16.9. The molecule has 1 aromatic rings. The van der Waals surface area contributed by atoms with Gasteiger partial charge in [-0.3, -0.25) is 14.9 Å². The molecular formula is C14H20N4O3. The first-order valence-corrected chi connectivity index (χ1v) is 7.00. The zero-order chi connectivity index (χ0) is 15.4. The maximum Gasteiger partial charge on any atom is 0.293 e. The van der Waals surface area contributed by atoms with Crippen LogP contribution in [-0.4, -0.2) is 44.1 Å². The number of hydrogen-bond donors (Lipinski definition) is 2. The molecule has 0 aromatic heterocycles. The highest BCUT2D eigenvalue weighted by Crippen LogP contribution is 2.34. The first-order valence-electron chi connectivity index (χ1n) is 7.00. The van der Waals surface area contributed by atoms with Crippen molar-refractivity contribution in [2.75, 3.05) is 32.1 Å². The van der Waals surface area contributed by atoms with Crippen molar-refractivity contribution >= 4 is 17.3 Å². The summed E-state index contributed by atoms with van der Waals surface area (Å²) in [5.41, 5.74) is 0.877. The highest BCUT2D eigenvalue weighted by Gasteiger charge is 2.29. The van der Waals surface area contributed by atoms with Crippen LogP contribution in [0, 0.1) is 10.1 Å². The van der Waals surface area contributed by atoms with E-state index in [9.17, 15) is 14.9 Å². The monoisotopic (exact) mass is 292 g/mol. The number of likely N-dealkylation sites (N-methyl/N-ethyl adjacent to an activating group) is 1. The van der Waals surface area contributed by atoms with Crippen LogP contribution < -0.4 is 15.5 Å². The van der Waals surface area contributed by atoms with Crippen LogP contribution >= 0.6 is 0 Å². The lowest BCUT2D eigenvalue weighted by atomic mass is 10.1. The fourth-order valence-electron chi connectivity index (χ4n) is 2.80. The van der Waals surface area contributed by atoms with Crippen molar-refractivity contribution in [1.29, 1.82) is 0 Å². The molecule has 1 aliphatic heterocycles. The van der Waals surface area contributed by atoms with E-state index in [-0.39, 0.29) is 17.6 Å². The largest absolute Gasteiger partial charge is 0.362 e. The van der Waals surface area contributed by atoms with Gasteiger partial charge in [0.05, 0.1) is 4.92 Å². The summed E-state index contributed by atoms with van der Waals surface area (Å²) in [5.74, 6) is -0.321. The summed E-state index contributed by atoms with van der Waals surface area (Å²) in [6, 6.07) is 4.91. The second kappa shape index (κ2) is 6.53. The SMILES string of the molecule is CNCC1CCCN1c1ccc(C(=O)NC)cc1[N+](=O)[O-]. The molecule has 7 nitrogen and oxygen atoms in total. The van der Waals surface area contributed by atoms with Crippen LogP contribution in [0.5, 0.6) is 0 Å². The summed E-state index contributed by atoms with van der Waals surface area (Å²) >= 11 is 0. The van der Waals surface area contributed by atoms with Crippen LogP contribution in [0.2, 0.25) is 0 Å². The lowest BCUT2D eigenvalue weighted by Crippen LogP contribution is -2.37. The van der Waals surface area contributed by atoms with E-state index in [1.165, 1.54) is 13.1 Å². The molecule has 0 bridgehead atoms. The molecular weight excluding hydrogens is 272 g/mol. The molecule has 1 amide bonds. The predicted octanol–water partition coefficient (Wildman–Crippen LogP) is 1.14. The van der Waals surface area contributed by atoms with Gasteiger partial charge in [-0.1, -0.05) is 0 Å². The predicted molar refractivity (Wildman–Crippen MR) is 80.8 cm³/mol. The molecule has 1 atom stereocenters. The Balaban J connectivity index is 2.38. The number of benzene rings is 1. The minimum Gasteiger partial charge on any atom is -0.362 e. The average Bonchev–Trinajstić information content (AvgIpc) is 2.94. The van der Waals surface area contributed by atoms with Gasteiger partial charge in [0.25, 0.3) is 11.6 Å². The van der Waals surface area contributed by atoms with E-state index in [4.69, 9.17) is 0 Å². The van der Waals surface area contributed by atoms with Crippen molar-refractivity contribution in [3.63, 3.8) is 0 Å². The fourth-order valence-corrected chi connectivity index (χ4v) is 2.80. The summed E-state index contributed by atoms with van der Waals surface area (Å²) in [7, 11) is 3.38. The van der Waals surface area contributed by atoms with Crippen LogP contribution in [0.4, 0.5) is 11.4 Å². The number of hydrogen-bond acceptors (Lipinski definition) is 5. The van der Waals surface area contributed by atoms with Gasteiger partial charge in [-0.05, 0) is 32.0 Å². The molecule has 1 saturated heterocycles. The molecule has 2 N–H and O–H groups in total. The van der Waals surface area contributed by atoms with Crippen LogP contribution in [0.1, 0.15) is 23.2 Å². The van der Waals surface area contributed by atoms with E-state index < -0.39 is 4.92 Å². The van der Waals surface area contributed by atoms with E-state index >= 15 is 0 Å². The summed E-state index contributed by atoms with van der Waals surface area (Å²) in [6.45, 7) is 1.58. The van der Waals surface area contributed by atoms with E-state index in [0.717, 1.165) is 25.9 Å². The summed E-state index contributed by atoms with van der Waals surface area (Å²) < 4.78 is 0. The second-order valence-electron chi connectivity index (χ2n) is 5.09. The Labute approximate surface area is 123 Å². The normalized spacial score (nSPS) is 17.8. The van der Waals surface area contributed by atoms with Gasteiger partial charge in [-0.25, -0.2) is 0 Å². The minimum atomic E-state index is -0.420. The standard InChI is InChI=1S/C14H20N4O3/c1-15-9-11-4-3-7-17(11)12-6-5-10(14(19)16-2)8-13(12)18(20)21/h5-6,8,11,15H,3-4,7,9H2,1-2H3,(H,16,19). The van der Waals surface area contributed by atoms with Gasteiger partial charge in [-0.2, -0.15) is 0 Å². The Hall–Kier alpha value is -2.15. The Bertz CT molecular complexity index is 547. The van der Waals surface area contributed by atoms with E-state index in [2.05, 4.69) is 15.5 Å². The summed E-state index contributed by atoms with van der Waals surface area (Å²) in [6.07, 6.45) is 2.02. The molecule has 0 saturated carbocycles. The molecule has 2 rings (SSSR count). The Kier molecular flexibility index (Phi) is 4.74. The fraction of sp³-hybridized carbons (Fsp3) is 0.500. The maximum atomic E-state index is 11.6. The third kappa shape index (κ3) is 3.13. The third-order valence-electron chi connectivity index (χ3n) is 3.79. The average molecular weight is 292 g/mol. The van der Waals surface area contributed by atoms with Crippen LogP contribution in [0.3, 0.4) is 0 Å². The van der Waals surface area contributed by atoms with Gasteiger partial charge in [0.2, 0.25) is 0 Å². The zero-order valence-electron chi connectivity index (χ0n) is 12.3. The number of nitro benzene ring substituents is 1. The quantitative estimate of drug-likeness (QED) is 0.628. The number of carbonyl (C=O) groups is 1. The van der Waals surface area contributed by atoms with Gasteiger partial charge in [0, 0.05) is 37.8 Å². The Morgan fingerprint density at radius 1 is 1.48 bits per heavy atom. The first-order chi connectivity index (χ1) is 10.1. The Morgan fingerprint density at radius 2 is 2.24 bits per heavy atom. The van der Waals surface area contributed by atoms with E-state index in [1.807, 2.05) is 7.05 Å². The number of amides is 1. The molecule has 0 aliphatic carbocycles. The number of nitrogens with zero attached hydrogens (tertiary/aromatic N) is 2. The molecule has 1 fully saturated rings. The van der Waals surface area contributed by atoms with Gasteiger partial charge in [0.15, 0.2) is 0 Å². The minimum absolute atomic E-state index is 0.0147. The molecule has 1 aliphatic rings. The number of rotatable bonds is 5. The Morgan fingerprint density at radius 3 is 2.86 bits per heavy atom. The van der Waals surface area contributed by atoms with Gasteiger partial charge in [0.1, 0.15) is 5.69 Å². The van der Waals surface area contributed by atoms with Gasteiger partial charge >= 0.3 is 0 Å². The molecule has 7 heteroatoms. The van der Waals surface area contributed by atoms with Crippen LogP contribution in [0.25, 0.3) is 0 Å². The topological polar surface area (TPSA) is 87.5 Å². The molecule has 1 heterocycles. The number of nitrogens with one attached hydrogen (secondary N) is 2. The van der Waals surface area contributed by atoms with E-state index in [1.54, 1.807) is 12.1 Å². The van der Waals surface area contributed by atoms with Crippen molar-refractivity contribution in [2.45, 2.75) is 18.9 Å². The first kappa shape index (κ1) is 15.2. The molecule has 114 valence electrons. The highest BCUT2D eigenvalue weighted by atomic mass is 16.6. The van der Waals surface area contributed by atoms with Crippen molar-refractivity contribution < 1.29 is 9.72 Å². The van der Waals surface area contributed by atoms with Crippen LogP contribution in [0.15, 0.2) is 18.2 Å². The second-order valence-corrected chi connectivity index (χ2v) is 5.09. The van der Waals surface area contributed by atoms with Crippen molar-refractivity contribution in [2.24, 2.45) is 0 Å². The molecule has 1 aromatic carbocycles. The number of carbonyl (C=O) groups excluding carboxylic acids is 1. The molecule has 21 heavy (non-hydrogen) atoms.